The molecule has 0 fully saturated rings. The Morgan fingerprint density at radius 1 is 1.55 bits per heavy atom. The maximum atomic E-state index is 12.3. The number of amides is 1. The van der Waals surface area contributed by atoms with Gasteiger partial charge in [-0.15, -0.1) is 0 Å². The zero-order valence-electron chi connectivity index (χ0n) is 12.1. The Bertz CT molecular complexity index is 515. The van der Waals surface area contributed by atoms with Gasteiger partial charge in [0.2, 0.25) is 0 Å². The minimum atomic E-state index is -0.467. The summed E-state index contributed by atoms with van der Waals surface area (Å²) in [6.45, 7) is 4.17. The first-order valence-corrected chi connectivity index (χ1v) is 6.35. The van der Waals surface area contributed by atoms with Gasteiger partial charge in [0.25, 0.3) is 5.91 Å². The van der Waals surface area contributed by atoms with Gasteiger partial charge < -0.3 is 15.2 Å². The van der Waals surface area contributed by atoms with E-state index in [1.165, 1.54) is 0 Å². The molecule has 0 saturated carbocycles. The fourth-order valence-electron chi connectivity index (χ4n) is 1.68. The summed E-state index contributed by atoms with van der Waals surface area (Å²) >= 11 is 0. The molecule has 0 aliphatic heterocycles. The van der Waals surface area contributed by atoms with Crippen molar-refractivity contribution >= 4 is 5.91 Å². The van der Waals surface area contributed by atoms with E-state index in [1.54, 1.807) is 25.6 Å². The average molecular weight is 276 g/mol. The third-order valence-electron chi connectivity index (χ3n) is 2.48. The van der Waals surface area contributed by atoms with Gasteiger partial charge in [0.1, 0.15) is 0 Å². The molecule has 0 atom stereocenters. The Morgan fingerprint density at radius 2 is 2.30 bits per heavy atom. The Morgan fingerprint density at radius 3 is 2.95 bits per heavy atom. The predicted octanol–water partition coefficient (Wildman–Crippen LogP) is 0.970. The molecule has 20 heavy (non-hydrogen) atoms. The van der Waals surface area contributed by atoms with Gasteiger partial charge in [0, 0.05) is 25.9 Å². The minimum Gasteiger partial charge on any atom is -0.395 e. The number of rotatable bonds is 5. The van der Waals surface area contributed by atoms with Gasteiger partial charge in [-0.1, -0.05) is 11.8 Å². The normalized spacial score (nSPS) is 10.6. The number of ether oxygens (including phenoxy) is 1. The molecule has 1 amide bonds. The van der Waals surface area contributed by atoms with E-state index in [1.807, 2.05) is 13.8 Å². The number of carbonyl (C=O) groups is 1. The summed E-state index contributed by atoms with van der Waals surface area (Å²) in [6, 6.07) is 1.63. The summed E-state index contributed by atoms with van der Waals surface area (Å²) < 4.78 is 5.07. The Hall–Kier alpha value is -1.90. The first kappa shape index (κ1) is 16.2. The van der Waals surface area contributed by atoms with E-state index in [4.69, 9.17) is 9.84 Å². The number of pyridine rings is 1. The Kier molecular flexibility index (Phi) is 6.16. The second kappa shape index (κ2) is 7.63. The van der Waals surface area contributed by atoms with Crippen molar-refractivity contribution in [3.63, 3.8) is 0 Å². The number of aliphatic hydroxyl groups excluding tert-OH is 1. The van der Waals surface area contributed by atoms with Crippen molar-refractivity contribution in [1.82, 2.24) is 10.3 Å². The molecule has 0 spiro atoms. The highest BCUT2D eigenvalue weighted by molar-refractivity contribution is 5.97. The van der Waals surface area contributed by atoms with Crippen molar-refractivity contribution in [2.45, 2.75) is 25.8 Å². The molecule has 0 aliphatic rings. The predicted molar refractivity (Wildman–Crippen MR) is 76.2 cm³/mol. The van der Waals surface area contributed by atoms with Crippen LogP contribution in [-0.4, -0.2) is 41.9 Å². The number of carbonyl (C=O) groups excluding carboxylic acids is 1. The molecule has 1 aromatic heterocycles. The number of nitrogens with one attached hydrogen (secondary N) is 1. The molecule has 2 N–H and O–H groups in total. The highest BCUT2D eigenvalue weighted by Gasteiger charge is 2.22. The van der Waals surface area contributed by atoms with Crippen molar-refractivity contribution in [2.24, 2.45) is 0 Å². The maximum Gasteiger partial charge on any atom is 0.253 e. The molecule has 0 unspecified atom stereocenters. The number of aliphatic hydroxyl groups is 1. The molecular formula is C15H20N2O3. The summed E-state index contributed by atoms with van der Waals surface area (Å²) in [4.78, 5) is 16.2. The van der Waals surface area contributed by atoms with Crippen LogP contribution in [0.5, 0.6) is 0 Å². The second-order valence-corrected chi connectivity index (χ2v) is 4.97. The topological polar surface area (TPSA) is 71.5 Å². The summed E-state index contributed by atoms with van der Waals surface area (Å²) in [7, 11) is 1.59. The van der Waals surface area contributed by atoms with Crippen LogP contribution in [0.4, 0.5) is 0 Å². The zero-order valence-corrected chi connectivity index (χ0v) is 12.1. The highest BCUT2D eigenvalue weighted by atomic mass is 16.5. The van der Waals surface area contributed by atoms with Crippen molar-refractivity contribution < 1.29 is 14.6 Å². The molecule has 0 aromatic carbocycles. The molecule has 0 bridgehead atoms. The lowest BCUT2D eigenvalue weighted by molar-refractivity contribution is 0.0819. The third kappa shape index (κ3) is 5.00. The number of nitrogens with zero attached hydrogens (tertiary/aromatic N) is 1. The van der Waals surface area contributed by atoms with E-state index in [2.05, 4.69) is 22.1 Å². The van der Waals surface area contributed by atoms with Crippen molar-refractivity contribution in [2.75, 3.05) is 20.3 Å². The molecule has 1 rings (SSSR count). The SMILES string of the molecule is COCC(C)(C)NC(=O)c1ccncc1C#CCCO. The van der Waals surface area contributed by atoms with Crippen LogP contribution in [0.15, 0.2) is 18.5 Å². The van der Waals surface area contributed by atoms with Gasteiger partial charge in [0.05, 0.1) is 29.9 Å². The standard InChI is InChI=1S/C15H20N2O3/c1-15(2,11-20-3)17-14(19)13-7-8-16-10-12(13)6-4-5-9-18/h7-8,10,18H,5,9,11H2,1-3H3,(H,17,19). The number of methoxy groups -OCH3 is 1. The second-order valence-electron chi connectivity index (χ2n) is 4.97. The van der Waals surface area contributed by atoms with E-state index in [-0.39, 0.29) is 12.5 Å². The Labute approximate surface area is 119 Å². The lowest BCUT2D eigenvalue weighted by atomic mass is 10.0. The summed E-state index contributed by atoms with van der Waals surface area (Å²) in [5, 5.41) is 11.6. The molecule has 5 nitrogen and oxygen atoms in total. The molecule has 0 saturated heterocycles. The van der Waals surface area contributed by atoms with Crippen molar-refractivity contribution in [3.05, 3.63) is 29.6 Å². The molecule has 1 heterocycles. The first-order valence-electron chi connectivity index (χ1n) is 6.35. The van der Waals surface area contributed by atoms with Crippen LogP contribution in [0.3, 0.4) is 0 Å². The highest BCUT2D eigenvalue weighted by Crippen LogP contribution is 2.09. The van der Waals surface area contributed by atoms with Crippen LogP contribution in [0.1, 0.15) is 36.2 Å². The lowest BCUT2D eigenvalue weighted by Crippen LogP contribution is -2.47. The van der Waals surface area contributed by atoms with E-state index < -0.39 is 5.54 Å². The number of hydrogen-bond donors (Lipinski definition) is 2. The van der Waals surface area contributed by atoms with Crippen molar-refractivity contribution in [1.29, 1.82) is 0 Å². The molecule has 0 aliphatic carbocycles. The molecule has 108 valence electrons. The van der Waals surface area contributed by atoms with Crippen LogP contribution in [0.25, 0.3) is 0 Å². The van der Waals surface area contributed by atoms with E-state index in [9.17, 15) is 4.79 Å². The van der Waals surface area contributed by atoms with Gasteiger partial charge in [-0.2, -0.15) is 0 Å². The lowest BCUT2D eigenvalue weighted by Gasteiger charge is -2.25. The minimum absolute atomic E-state index is 0.00430. The maximum absolute atomic E-state index is 12.3. The fraction of sp³-hybridized carbons (Fsp3) is 0.467. The monoisotopic (exact) mass is 276 g/mol. The molecule has 0 radical (unpaired) electrons. The van der Waals surface area contributed by atoms with Gasteiger partial charge in [-0.3, -0.25) is 9.78 Å². The molecule has 5 heteroatoms. The van der Waals surface area contributed by atoms with Crippen LogP contribution in [-0.2, 0) is 4.74 Å². The van der Waals surface area contributed by atoms with Crippen LogP contribution in [0.2, 0.25) is 0 Å². The zero-order chi connectivity index (χ0) is 15.0. The molecule has 1 aromatic rings. The summed E-state index contributed by atoms with van der Waals surface area (Å²) in [5.41, 5.74) is 0.548. The number of hydrogen-bond acceptors (Lipinski definition) is 4. The third-order valence-corrected chi connectivity index (χ3v) is 2.48. The first-order chi connectivity index (χ1) is 9.50. The molecular weight excluding hydrogens is 256 g/mol. The van der Waals surface area contributed by atoms with Gasteiger partial charge in [-0.25, -0.2) is 0 Å². The summed E-state index contributed by atoms with van der Waals surface area (Å²) in [5.74, 6) is 5.42. The smallest absolute Gasteiger partial charge is 0.253 e. The van der Waals surface area contributed by atoms with Gasteiger partial charge in [0.15, 0.2) is 0 Å². The van der Waals surface area contributed by atoms with Crippen LogP contribution >= 0.6 is 0 Å². The largest absolute Gasteiger partial charge is 0.395 e. The van der Waals surface area contributed by atoms with E-state index >= 15 is 0 Å². The quantitative estimate of drug-likeness (QED) is 0.786. The van der Waals surface area contributed by atoms with Gasteiger partial charge >= 0.3 is 0 Å². The van der Waals surface area contributed by atoms with E-state index in [0.717, 1.165) is 0 Å². The van der Waals surface area contributed by atoms with Crippen LogP contribution in [0, 0.1) is 11.8 Å². The van der Waals surface area contributed by atoms with Crippen molar-refractivity contribution in [3.8, 4) is 11.8 Å². The van der Waals surface area contributed by atoms with Crippen LogP contribution < -0.4 is 5.32 Å². The Balaban J connectivity index is 2.91. The summed E-state index contributed by atoms with van der Waals surface area (Å²) in [6.07, 6.45) is 3.46. The van der Waals surface area contributed by atoms with Gasteiger partial charge in [-0.05, 0) is 19.9 Å². The number of aromatic nitrogens is 1. The van der Waals surface area contributed by atoms with E-state index in [0.29, 0.717) is 24.2 Å². The fourth-order valence-corrected chi connectivity index (χ4v) is 1.68. The average Bonchev–Trinajstić information content (AvgIpc) is 2.38.